The lowest BCUT2D eigenvalue weighted by Gasteiger charge is -2.04. The molecule has 0 aliphatic carbocycles. The van der Waals surface area contributed by atoms with Crippen molar-refractivity contribution < 1.29 is 13.2 Å². The molecule has 0 unspecified atom stereocenters. The van der Waals surface area contributed by atoms with Crippen LogP contribution in [0.4, 0.5) is 5.13 Å². The van der Waals surface area contributed by atoms with Crippen molar-refractivity contribution in [3.05, 3.63) is 38.0 Å². The van der Waals surface area contributed by atoms with Crippen LogP contribution in [0.5, 0.6) is 0 Å². The van der Waals surface area contributed by atoms with Crippen molar-refractivity contribution in [2.45, 2.75) is 11.1 Å². The van der Waals surface area contributed by atoms with Gasteiger partial charge in [-0.15, -0.1) is 0 Å². The number of carbonyl (C=O) groups excluding carboxylic acids is 1. The zero-order valence-corrected chi connectivity index (χ0v) is 15.1. The second-order valence-electron chi connectivity index (χ2n) is 4.02. The average Bonchev–Trinajstić information content (AvgIpc) is 2.73. The van der Waals surface area contributed by atoms with Gasteiger partial charge in [0, 0.05) is 8.59 Å². The molecule has 1 aromatic heterocycles. The molecule has 2 aromatic rings. The lowest BCUT2D eigenvalue weighted by Crippen LogP contribution is -2.13. The maximum absolute atomic E-state index is 12.2. The lowest BCUT2D eigenvalue weighted by atomic mass is 10.2. The van der Waals surface area contributed by atoms with E-state index in [9.17, 15) is 13.2 Å². The second-order valence-corrected chi connectivity index (χ2v) is 8.37. The molecule has 0 spiro atoms. The van der Waals surface area contributed by atoms with Crippen LogP contribution in [0.3, 0.4) is 0 Å². The molecule has 1 heterocycles. The van der Waals surface area contributed by atoms with Gasteiger partial charge < -0.3 is 0 Å². The summed E-state index contributed by atoms with van der Waals surface area (Å²) in [5.74, 6) is -0.420. The van der Waals surface area contributed by atoms with Crippen LogP contribution in [0.1, 0.15) is 16.1 Å². The van der Waals surface area contributed by atoms with Gasteiger partial charge in [-0.2, -0.15) is 0 Å². The Bertz CT molecular complexity index is 820. The first-order chi connectivity index (χ1) is 9.68. The Kier molecular flexibility index (Phi) is 4.88. The van der Waals surface area contributed by atoms with Gasteiger partial charge in [0.25, 0.3) is 5.91 Å². The van der Waals surface area contributed by atoms with E-state index in [1.54, 1.807) is 12.1 Å². The Morgan fingerprint density at radius 3 is 2.71 bits per heavy atom. The van der Waals surface area contributed by atoms with Gasteiger partial charge in [0.15, 0.2) is 9.34 Å². The van der Waals surface area contributed by atoms with Crippen molar-refractivity contribution in [3.63, 3.8) is 0 Å². The van der Waals surface area contributed by atoms with E-state index in [0.29, 0.717) is 10.6 Å². The highest BCUT2D eigenvalue weighted by Gasteiger charge is 2.19. The summed E-state index contributed by atoms with van der Waals surface area (Å²) in [5.41, 5.74) is 0.631. The van der Waals surface area contributed by atoms with Crippen LogP contribution in [-0.4, -0.2) is 19.3 Å². The van der Waals surface area contributed by atoms with Crippen LogP contribution >= 0.6 is 45.5 Å². The Balaban J connectivity index is 2.30. The largest absolute Gasteiger partial charge is 0.298 e. The molecular formula is C11H9ClIN3O3S2. The van der Waals surface area contributed by atoms with E-state index in [2.05, 4.69) is 10.3 Å². The molecule has 0 atom stereocenters. The van der Waals surface area contributed by atoms with E-state index in [-0.39, 0.29) is 15.0 Å². The van der Waals surface area contributed by atoms with Crippen LogP contribution in [-0.2, 0) is 10.0 Å². The number of thiazole rings is 1. The van der Waals surface area contributed by atoms with E-state index >= 15 is 0 Å². The average molecular weight is 458 g/mol. The molecule has 0 aliphatic heterocycles. The minimum absolute atomic E-state index is 0.0707. The maximum Gasteiger partial charge on any atom is 0.258 e. The molecule has 0 radical (unpaired) electrons. The van der Waals surface area contributed by atoms with Crippen molar-refractivity contribution in [1.29, 1.82) is 0 Å². The van der Waals surface area contributed by atoms with Gasteiger partial charge in [-0.05, 0) is 47.7 Å². The number of sulfonamides is 1. The molecule has 10 heteroatoms. The normalized spacial score (nSPS) is 11.4. The second kappa shape index (κ2) is 6.16. The third kappa shape index (κ3) is 3.92. The number of hydrogen-bond donors (Lipinski definition) is 2. The number of nitrogens with zero attached hydrogens (tertiary/aromatic N) is 1. The van der Waals surface area contributed by atoms with Gasteiger partial charge in [-0.3, -0.25) is 10.1 Å². The summed E-state index contributed by atoms with van der Waals surface area (Å²) in [4.78, 5) is 16.2. The van der Waals surface area contributed by atoms with E-state index in [0.717, 1.165) is 14.9 Å². The number of anilines is 1. The van der Waals surface area contributed by atoms with Gasteiger partial charge in [-0.1, -0.05) is 22.9 Å². The quantitative estimate of drug-likeness (QED) is 0.692. The Labute approximate surface area is 143 Å². The molecule has 1 aromatic carbocycles. The Hall–Kier alpha value is -0.750. The van der Waals surface area contributed by atoms with Gasteiger partial charge in [0.05, 0.1) is 11.3 Å². The van der Waals surface area contributed by atoms with Crippen LogP contribution in [0, 0.1) is 10.5 Å². The summed E-state index contributed by atoms with van der Waals surface area (Å²) in [6, 6.07) is 4.91. The third-order valence-electron chi connectivity index (χ3n) is 2.41. The molecule has 112 valence electrons. The highest BCUT2D eigenvalue weighted by molar-refractivity contribution is 14.1. The van der Waals surface area contributed by atoms with Gasteiger partial charge in [-0.25, -0.2) is 18.5 Å². The first kappa shape index (κ1) is 16.6. The first-order valence-electron chi connectivity index (χ1n) is 5.45. The fraction of sp³-hybridized carbons (Fsp3) is 0.0909. The monoisotopic (exact) mass is 457 g/mol. The molecule has 0 fully saturated rings. The SMILES string of the molecule is Cc1nc(NC(=O)c2cc(Cl)ccc2I)sc1S(N)(=O)=O. The zero-order valence-electron chi connectivity index (χ0n) is 10.6. The van der Waals surface area contributed by atoms with Gasteiger partial charge >= 0.3 is 0 Å². The standard InChI is InChI=1S/C11H9ClIN3O3S2/c1-5-10(21(14,18)19)20-11(15-5)16-9(17)7-4-6(12)2-3-8(7)13/h2-4H,1H3,(H2,14,18,19)(H,15,16,17). The van der Waals surface area contributed by atoms with Crippen LogP contribution in [0.15, 0.2) is 22.4 Å². The van der Waals surface area contributed by atoms with Crippen LogP contribution in [0.2, 0.25) is 5.02 Å². The van der Waals surface area contributed by atoms with Crippen molar-refractivity contribution >= 4 is 66.6 Å². The molecule has 21 heavy (non-hydrogen) atoms. The Morgan fingerprint density at radius 1 is 1.48 bits per heavy atom. The topological polar surface area (TPSA) is 102 Å². The van der Waals surface area contributed by atoms with Crippen molar-refractivity contribution in [3.8, 4) is 0 Å². The first-order valence-corrected chi connectivity index (χ1v) is 9.27. The molecule has 2 rings (SSSR count). The van der Waals surface area contributed by atoms with E-state index < -0.39 is 15.9 Å². The molecule has 1 amide bonds. The number of aromatic nitrogens is 1. The molecular weight excluding hydrogens is 449 g/mol. The number of halogens is 2. The van der Waals surface area contributed by atoms with Crippen LogP contribution < -0.4 is 10.5 Å². The number of carbonyl (C=O) groups is 1. The molecule has 6 nitrogen and oxygen atoms in total. The summed E-state index contributed by atoms with van der Waals surface area (Å²) in [5, 5.41) is 8.21. The summed E-state index contributed by atoms with van der Waals surface area (Å²) < 4.78 is 23.3. The van der Waals surface area contributed by atoms with Gasteiger partial charge in [0.1, 0.15) is 0 Å². The fourth-order valence-corrected chi connectivity index (χ4v) is 4.14. The predicted molar refractivity (Wildman–Crippen MR) is 90.3 cm³/mol. The molecule has 0 aliphatic rings. The number of nitrogens with two attached hydrogens (primary N) is 1. The highest BCUT2D eigenvalue weighted by atomic mass is 127. The third-order valence-corrected chi connectivity index (χ3v) is 6.21. The molecule has 0 saturated carbocycles. The van der Waals surface area contributed by atoms with Crippen molar-refractivity contribution in [2.24, 2.45) is 5.14 Å². The summed E-state index contributed by atoms with van der Waals surface area (Å²) in [6.07, 6.45) is 0. The summed E-state index contributed by atoms with van der Waals surface area (Å²) in [6.45, 7) is 1.51. The van der Waals surface area contributed by atoms with E-state index in [1.807, 2.05) is 22.6 Å². The number of nitrogens with one attached hydrogen (secondary N) is 1. The molecule has 0 saturated heterocycles. The molecule has 0 bridgehead atoms. The Morgan fingerprint density at radius 2 is 2.14 bits per heavy atom. The number of primary sulfonamides is 1. The van der Waals surface area contributed by atoms with Crippen LogP contribution in [0.25, 0.3) is 0 Å². The number of aryl methyl sites for hydroxylation is 1. The number of amides is 1. The highest BCUT2D eigenvalue weighted by Crippen LogP contribution is 2.27. The predicted octanol–water partition coefficient (Wildman–Crippen LogP) is 2.61. The maximum atomic E-state index is 12.2. The van der Waals surface area contributed by atoms with Crippen molar-refractivity contribution in [2.75, 3.05) is 5.32 Å². The van der Waals surface area contributed by atoms with E-state index in [1.165, 1.54) is 13.0 Å². The van der Waals surface area contributed by atoms with E-state index in [4.69, 9.17) is 16.7 Å². The zero-order chi connectivity index (χ0) is 15.8. The van der Waals surface area contributed by atoms with Crippen molar-refractivity contribution in [1.82, 2.24) is 4.98 Å². The fourth-order valence-electron chi connectivity index (χ4n) is 1.54. The number of hydrogen-bond acceptors (Lipinski definition) is 5. The smallest absolute Gasteiger partial charge is 0.258 e. The minimum Gasteiger partial charge on any atom is -0.298 e. The molecule has 3 N–H and O–H groups in total. The number of benzene rings is 1. The minimum atomic E-state index is -3.85. The lowest BCUT2D eigenvalue weighted by molar-refractivity contribution is 0.102. The summed E-state index contributed by atoms with van der Waals surface area (Å²) in [7, 11) is -3.85. The number of rotatable bonds is 3. The summed E-state index contributed by atoms with van der Waals surface area (Å²) >= 11 is 8.68. The van der Waals surface area contributed by atoms with Gasteiger partial charge in [0.2, 0.25) is 10.0 Å².